The van der Waals surface area contributed by atoms with E-state index in [-0.39, 0.29) is 35.1 Å². The van der Waals surface area contributed by atoms with Crippen molar-refractivity contribution in [1.29, 1.82) is 0 Å². The Kier molecular flexibility index (Phi) is 4.58. The molecule has 2 unspecified atom stereocenters. The minimum atomic E-state index is -0.287. The molecule has 0 bridgehead atoms. The van der Waals surface area contributed by atoms with Crippen LogP contribution < -0.4 is 5.32 Å². The van der Waals surface area contributed by atoms with E-state index in [2.05, 4.69) is 5.32 Å². The maximum absolute atomic E-state index is 12.6. The third-order valence-corrected chi connectivity index (χ3v) is 4.55. The Balaban J connectivity index is 1.48. The van der Waals surface area contributed by atoms with Gasteiger partial charge in [0.2, 0.25) is 11.8 Å². The second-order valence-electron chi connectivity index (χ2n) is 7.78. The number of carbonyl (C=O) groups is 3. The van der Waals surface area contributed by atoms with E-state index in [1.54, 1.807) is 21.9 Å². The van der Waals surface area contributed by atoms with Crippen molar-refractivity contribution in [2.24, 2.45) is 11.8 Å². The molecule has 3 amide bonds. The summed E-state index contributed by atoms with van der Waals surface area (Å²) in [6.07, 6.45) is 2.09. The fourth-order valence-electron chi connectivity index (χ4n) is 3.14. The predicted molar refractivity (Wildman–Crippen MR) is 90.7 cm³/mol. The topological polar surface area (TPSA) is 82.9 Å². The molecule has 1 saturated carbocycles. The molecule has 1 aliphatic carbocycles. The van der Waals surface area contributed by atoms with Gasteiger partial charge in [-0.25, -0.2) is 0 Å². The van der Waals surface area contributed by atoms with Crippen molar-refractivity contribution < 1.29 is 18.8 Å². The quantitative estimate of drug-likeness (QED) is 0.888. The van der Waals surface area contributed by atoms with Crippen LogP contribution in [-0.2, 0) is 9.59 Å². The molecule has 136 valence electrons. The SMILES string of the molecule is CC(C)(C)NC(=O)C1CC1C(=O)N1CCN(C(=O)c2ccco2)CC1. The minimum absolute atomic E-state index is 0.0270. The molecule has 1 aromatic rings. The summed E-state index contributed by atoms with van der Waals surface area (Å²) < 4.78 is 5.14. The monoisotopic (exact) mass is 347 g/mol. The molecule has 1 aromatic heterocycles. The van der Waals surface area contributed by atoms with Crippen molar-refractivity contribution in [1.82, 2.24) is 15.1 Å². The van der Waals surface area contributed by atoms with Gasteiger partial charge in [-0.1, -0.05) is 0 Å². The molecular weight excluding hydrogens is 322 g/mol. The van der Waals surface area contributed by atoms with Gasteiger partial charge in [0.05, 0.1) is 18.1 Å². The molecular formula is C18H25N3O4. The van der Waals surface area contributed by atoms with E-state index in [1.165, 1.54) is 6.26 Å². The van der Waals surface area contributed by atoms with Gasteiger partial charge in [0.25, 0.3) is 5.91 Å². The first kappa shape index (κ1) is 17.5. The van der Waals surface area contributed by atoms with Crippen LogP contribution in [0.5, 0.6) is 0 Å². The predicted octanol–water partition coefficient (Wildman–Crippen LogP) is 1.11. The Bertz CT molecular complexity index is 654. The summed E-state index contributed by atoms with van der Waals surface area (Å²) in [4.78, 5) is 40.4. The van der Waals surface area contributed by atoms with Crippen LogP contribution in [0.25, 0.3) is 0 Å². The molecule has 7 heteroatoms. The van der Waals surface area contributed by atoms with Gasteiger partial charge in [0, 0.05) is 31.7 Å². The van der Waals surface area contributed by atoms with Crippen LogP contribution in [0.3, 0.4) is 0 Å². The third-order valence-electron chi connectivity index (χ3n) is 4.55. The number of hydrogen-bond acceptors (Lipinski definition) is 4. The van der Waals surface area contributed by atoms with Crippen molar-refractivity contribution >= 4 is 17.7 Å². The van der Waals surface area contributed by atoms with Gasteiger partial charge in [0.15, 0.2) is 5.76 Å². The standard InChI is InChI=1S/C18H25N3O4/c1-18(2,3)19-15(22)12-11-13(12)16(23)20-6-8-21(9-7-20)17(24)14-5-4-10-25-14/h4-5,10,12-13H,6-9,11H2,1-3H3,(H,19,22). The third kappa shape index (κ3) is 4.03. The lowest BCUT2D eigenvalue weighted by Gasteiger charge is -2.34. The highest BCUT2D eigenvalue weighted by Crippen LogP contribution is 2.40. The van der Waals surface area contributed by atoms with Crippen LogP contribution in [0.15, 0.2) is 22.8 Å². The molecule has 25 heavy (non-hydrogen) atoms. The van der Waals surface area contributed by atoms with Gasteiger partial charge in [-0.05, 0) is 39.3 Å². The normalized spacial score (nSPS) is 23.3. The van der Waals surface area contributed by atoms with E-state index in [1.807, 2.05) is 20.8 Å². The Morgan fingerprint density at radius 3 is 2.28 bits per heavy atom. The largest absolute Gasteiger partial charge is 0.459 e. The number of rotatable bonds is 3. The van der Waals surface area contributed by atoms with Gasteiger partial charge >= 0.3 is 0 Å². The molecule has 3 rings (SSSR count). The molecule has 7 nitrogen and oxygen atoms in total. The van der Waals surface area contributed by atoms with Crippen LogP contribution in [0.4, 0.5) is 0 Å². The highest BCUT2D eigenvalue weighted by Gasteiger charge is 2.50. The summed E-state index contributed by atoms with van der Waals surface area (Å²) in [5.41, 5.74) is -0.287. The van der Waals surface area contributed by atoms with Gasteiger partial charge in [-0.2, -0.15) is 0 Å². The molecule has 1 saturated heterocycles. The average molecular weight is 347 g/mol. The van der Waals surface area contributed by atoms with Crippen molar-refractivity contribution in [3.8, 4) is 0 Å². The summed E-state index contributed by atoms with van der Waals surface area (Å²) in [5.74, 6) is -0.271. The van der Waals surface area contributed by atoms with Crippen LogP contribution in [0.1, 0.15) is 37.7 Å². The highest BCUT2D eigenvalue weighted by atomic mass is 16.3. The number of carbonyl (C=O) groups excluding carboxylic acids is 3. The Hall–Kier alpha value is -2.31. The molecule has 2 heterocycles. The first-order valence-corrected chi connectivity index (χ1v) is 8.70. The lowest BCUT2D eigenvalue weighted by atomic mass is 10.1. The second kappa shape index (κ2) is 6.54. The smallest absolute Gasteiger partial charge is 0.289 e. The lowest BCUT2D eigenvalue weighted by molar-refractivity contribution is -0.136. The average Bonchev–Trinajstić information content (AvgIpc) is 3.18. The van der Waals surface area contributed by atoms with Crippen molar-refractivity contribution in [3.63, 3.8) is 0 Å². The second-order valence-corrected chi connectivity index (χ2v) is 7.78. The van der Waals surface area contributed by atoms with Crippen LogP contribution in [-0.4, -0.2) is 59.2 Å². The number of nitrogens with zero attached hydrogens (tertiary/aromatic N) is 2. The zero-order valence-electron chi connectivity index (χ0n) is 14.9. The highest BCUT2D eigenvalue weighted by molar-refractivity contribution is 5.93. The minimum Gasteiger partial charge on any atom is -0.459 e. The van der Waals surface area contributed by atoms with Crippen molar-refractivity contribution in [2.45, 2.75) is 32.7 Å². The van der Waals surface area contributed by atoms with E-state index < -0.39 is 0 Å². The molecule has 0 radical (unpaired) electrons. The molecule has 1 N–H and O–H groups in total. The number of furan rings is 1. The van der Waals surface area contributed by atoms with E-state index in [0.29, 0.717) is 38.4 Å². The van der Waals surface area contributed by atoms with Crippen LogP contribution in [0, 0.1) is 11.8 Å². The summed E-state index contributed by atoms with van der Waals surface area (Å²) in [5, 5.41) is 2.93. The van der Waals surface area contributed by atoms with Crippen LogP contribution >= 0.6 is 0 Å². The summed E-state index contributed by atoms with van der Waals surface area (Å²) in [6.45, 7) is 7.75. The van der Waals surface area contributed by atoms with Crippen molar-refractivity contribution in [3.05, 3.63) is 24.2 Å². The van der Waals surface area contributed by atoms with Crippen molar-refractivity contribution in [2.75, 3.05) is 26.2 Å². The van der Waals surface area contributed by atoms with E-state index in [0.717, 1.165) is 0 Å². The number of hydrogen-bond donors (Lipinski definition) is 1. The zero-order valence-corrected chi connectivity index (χ0v) is 14.9. The van der Waals surface area contributed by atoms with E-state index >= 15 is 0 Å². The molecule has 2 atom stereocenters. The lowest BCUT2D eigenvalue weighted by Crippen LogP contribution is -2.51. The first-order valence-electron chi connectivity index (χ1n) is 8.70. The zero-order chi connectivity index (χ0) is 18.2. The van der Waals surface area contributed by atoms with E-state index in [4.69, 9.17) is 4.42 Å². The van der Waals surface area contributed by atoms with Gasteiger partial charge in [-0.3, -0.25) is 14.4 Å². The van der Waals surface area contributed by atoms with E-state index in [9.17, 15) is 14.4 Å². The fraction of sp³-hybridized carbons (Fsp3) is 0.611. The Morgan fingerprint density at radius 1 is 1.08 bits per heavy atom. The molecule has 0 spiro atoms. The van der Waals surface area contributed by atoms with Gasteiger partial charge in [0.1, 0.15) is 0 Å². The maximum atomic E-state index is 12.6. The van der Waals surface area contributed by atoms with Gasteiger partial charge in [-0.15, -0.1) is 0 Å². The number of amides is 3. The fourth-order valence-corrected chi connectivity index (χ4v) is 3.14. The summed E-state index contributed by atoms with van der Waals surface area (Å²) in [6, 6.07) is 3.32. The summed E-state index contributed by atoms with van der Waals surface area (Å²) in [7, 11) is 0. The first-order chi connectivity index (χ1) is 11.8. The molecule has 2 aliphatic rings. The Morgan fingerprint density at radius 2 is 1.72 bits per heavy atom. The number of nitrogens with one attached hydrogen (secondary N) is 1. The maximum Gasteiger partial charge on any atom is 0.289 e. The molecule has 0 aromatic carbocycles. The molecule has 1 aliphatic heterocycles. The van der Waals surface area contributed by atoms with Crippen LogP contribution in [0.2, 0.25) is 0 Å². The molecule has 2 fully saturated rings. The van der Waals surface area contributed by atoms with Gasteiger partial charge < -0.3 is 19.5 Å². The summed E-state index contributed by atoms with van der Waals surface area (Å²) >= 11 is 0. The Labute approximate surface area is 147 Å². The number of piperazine rings is 1.